The lowest BCUT2D eigenvalue weighted by molar-refractivity contribution is 0.481. The van der Waals surface area contributed by atoms with Gasteiger partial charge in [0, 0.05) is 4.47 Å². The normalized spacial score (nSPS) is 12.8. The van der Waals surface area contributed by atoms with Gasteiger partial charge < -0.3 is 5.32 Å². The molecule has 1 rings (SSSR count). The Morgan fingerprint density at radius 1 is 1.43 bits per heavy atom. The lowest BCUT2D eigenvalue weighted by Gasteiger charge is -2.14. The van der Waals surface area contributed by atoms with Crippen molar-refractivity contribution < 1.29 is 0 Å². The Balaban J connectivity index is 2.57. The van der Waals surface area contributed by atoms with Gasteiger partial charge in [0.2, 0.25) is 0 Å². The van der Waals surface area contributed by atoms with E-state index in [4.69, 9.17) is 0 Å². The Bertz CT molecular complexity index is 273. The summed E-state index contributed by atoms with van der Waals surface area (Å²) >= 11 is 3.50. The van der Waals surface area contributed by atoms with Crippen LogP contribution in [0.15, 0.2) is 28.7 Å². The summed E-state index contributed by atoms with van der Waals surface area (Å²) in [5.41, 5.74) is 1.42. The first-order chi connectivity index (χ1) is 6.76. The molecule has 0 fully saturated rings. The van der Waals surface area contributed by atoms with Gasteiger partial charge in [-0.25, -0.2) is 0 Å². The zero-order valence-corrected chi connectivity index (χ0v) is 10.5. The topological polar surface area (TPSA) is 12.0 Å². The van der Waals surface area contributed by atoms with Crippen LogP contribution in [0.1, 0.15) is 18.9 Å². The Labute approximate surface area is 95.0 Å². The average molecular weight is 256 g/mol. The Hall–Kier alpha value is -0.340. The van der Waals surface area contributed by atoms with Crippen LogP contribution in [0.3, 0.4) is 0 Å². The van der Waals surface area contributed by atoms with Crippen molar-refractivity contribution in [3.63, 3.8) is 0 Å². The second-order valence-corrected chi connectivity index (χ2v) is 4.58. The fourth-order valence-corrected chi connectivity index (χ4v) is 2.09. The van der Waals surface area contributed by atoms with E-state index in [1.165, 1.54) is 16.5 Å². The van der Waals surface area contributed by atoms with Gasteiger partial charge in [-0.2, -0.15) is 0 Å². The highest BCUT2D eigenvalue weighted by molar-refractivity contribution is 9.10. The SMILES string of the molecule is CCC(CNC)Cc1cccc(Br)c1. The molecule has 0 aromatic heterocycles. The van der Waals surface area contributed by atoms with E-state index in [-0.39, 0.29) is 0 Å². The maximum Gasteiger partial charge on any atom is 0.0177 e. The molecule has 0 amide bonds. The summed E-state index contributed by atoms with van der Waals surface area (Å²) in [4.78, 5) is 0. The molecule has 0 spiro atoms. The third kappa shape index (κ3) is 3.81. The largest absolute Gasteiger partial charge is 0.319 e. The predicted molar refractivity (Wildman–Crippen MR) is 65.6 cm³/mol. The maximum atomic E-state index is 3.50. The summed E-state index contributed by atoms with van der Waals surface area (Å²) in [7, 11) is 2.02. The first kappa shape index (κ1) is 11.7. The van der Waals surface area contributed by atoms with E-state index in [1.807, 2.05) is 7.05 Å². The second kappa shape index (κ2) is 6.20. The zero-order chi connectivity index (χ0) is 10.4. The summed E-state index contributed by atoms with van der Waals surface area (Å²) in [6.45, 7) is 3.35. The predicted octanol–water partition coefficient (Wildman–Crippen LogP) is 3.24. The summed E-state index contributed by atoms with van der Waals surface area (Å²) in [6, 6.07) is 8.58. The highest BCUT2D eigenvalue weighted by Crippen LogP contribution is 2.16. The summed E-state index contributed by atoms with van der Waals surface area (Å²) in [5, 5.41) is 3.24. The fourth-order valence-electron chi connectivity index (χ4n) is 1.65. The third-order valence-electron chi connectivity index (χ3n) is 2.48. The van der Waals surface area contributed by atoms with Crippen LogP contribution in [-0.2, 0) is 6.42 Å². The van der Waals surface area contributed by atoms with E-state index in [1.54, 1.807) is 0 Å². The van der Waals surface area contributed by atoms with Crippen molar-refractivity contribution in [2.75, 3.05) is 13.6 Å². The molecule has 1 aromatic rings. The minimum Gasteiger partial charge on any atom is -0.319 e. The van der Waals surface area contributed by atoms with Gasteiger partial charge >= 0.3 is 0 Å². The first-order valence-corrected chi connectivity index (χ1v) is 5.94. The van der Waals surface area contributed by atoms with Gasteiger partial charge in [0.25, 0.3) is 0 Å². The zero-order valence-electron chi connectivity index (χ0n) is 8.89. The number of hydrogen-bond acceptors (Lipinski definition) is 1. The average Bonchev–Trinajstić information content (AvgIpc) is 2.17. The molecule has 0 bridgehead atoms. The van der Waals surface area contributed by atoms with Crippen molar-refractivity contribution in [2.45, 2.75) is 19.8 Å². The van der Waals surface area contributed by atoms with Crippen molar-refractivity contribution in [1.82, 2.24) is 5.32 Å². The van der Waals surface area contributed by atoms with Crippen LogP contribution in [0, 0.1) is 5.92 Å². The number of nitrogens with one attached hydrogen (secondary N) is 1. The molecule has 0 aliphatic carbocycles. The molecule has 1 N–H and O–H groups in total. The summed E-state index contributed by atoms with van der Waals surface area (Å²) < 4.78 is 1.18. The van der Waals surface area contributed by atoms with Crippen LogP contribution in [0.25, 0.3) is 0 Å². The number of halogens is 1. The van der Waals surface area contributed by atoms with Crippen molar-refractivity contribution in [2.24, 2.45) is 5.92 Å². The first-order valence-electron chi connectivity index (χ1n) is 5.15. The molecule has 1 unspecified atom stereocenters. The van der Waals surface area contributed by atoms with Gasteiger partial charge in [0.05, 0.1) is 0 Å². The minimum absolute atomic E-state index is 0.745. The molecule has 0 saturated heterocycles. The Morgan fingerprint density at radius 2 is 2.21 bits per heavy atom. The molecule has 0 aliphatic heterocycles. The lowest BCUT2D eigenvalue weighted by atomic mass is 9.97. The molecule has 0 radical (unpaired) electrons. The fraction of sp³-hybridized carbons (Fsp3) is 0.500. The number of rotatable bonds is 5. The van der Waals surface area contributed by atoms with Crippen LogP contribution in [0.4, 0.5) is 0 Å². The highest BCUT2D eigenvalue weighted by Gasteiger charge is 2.06. The Kier molecular flexibility index (Phi) is 5.20. The van der Waals surface area contributed by atoms with Crippen LogP contribution in [0.5, 0.6) is 0 Å². The molecular weight excluding hydrogens is 238 g/mol. The quantitative estimate of drug-likeness (QED) is 0.852. The summed E-state index contributed by atoms with van der Waals surface area (Å²) in [6.07, 6.45) is 2.39. The van der Waals surface area contributed by atoms with E-state index in [0.717, 1.165) is 18.9 Å². The molecule has 0 saturated carbocycles. The lowest BCUT2D eigenvalue weighted by Crippen LogP contribution is -2.20. The molecule has 2 heteroatoms. The van der Waals surface area contributed by atoms with Crippen molar-refractivity contribution in [3.05, 3.63) is 34.3 Å². The van der Waals surface area contributed by atoms with Crippen molar-refractivity contribution in [3.8, 4) is 0 Å². The molecule has 0 heterocycles. The van der Waals surface area contributed by atoms with Crippen LogP contribution >= 0.6 is 15.9 Å². The van der Waals surface area contributed by atoms with E-state index in [2.05, 4.69) is 52.4 Å². The van der Waals surface area contributed by atoms with E-state index >= 15 is 0 Å². The van der Waals surface area contributed by atoms with Gasteiger partial charge in [0.1, 0.15) is 0 Å². The van der Waals surface area contributed by atoms with E-state index < -0.39 is 0 Å². The molecule has 78 valence electrons. The van der Waals surface area contributed by atoms with Gasteiger partial charge in [-0.3, -0.25) is 0 Å². The molecule has 0 aliphatic rings. The standard InChI is InChI=1S/C12H18BrN/c1-3-10(9-14-2)7-11-5-4-6-12(13)8-11/h4-6,8,10,14H,3,7,9H2,1-2H3. The second-order valence-electron chi connectivity index (χ2n) is 3.67. The highest BCUT2D eigenvalue weighted by atomic mass is 79.9. The number of hydrogen-bond donors (Lipinski definition) is 1. The summed E-state index contributed by atoms with van der Waals surface area (Å²) in [5.74, 6) is 0.745. The van der Waals surface area contributed by atoms with Crippen molar-refractivity contribution >= 4 is 15.9 Å². The van der Waals surface area contributed by atoms with Gasteiger partial charge in [-0.15, -0.1) is 0 Å². The smallest absolute Gasteiger partial charge is 0.0177 e. The van der Waals surface area contributed by atoms with Crippen LogP contribution in [-0.4, -0.2) is 13.6 Å². The van der Waals surface area contributed by atoms with Gasteiger partial charge in [-0.1, -0.05) is 41.4 Å². The molecule has 1 nitrogen and oxygen atoms in total. The minimum atomic E-state index is 0.745. The molecule has 1 aromatic carbocycles. The maximum absolute atomic E-state index is 3.50. The Morgan fingerprint density at radius 3 is 2.79 bits per heavy atom. The van der Waals surface area contributed by atoms with Crippen LogP contribution < -0.4 is 5.32 Å². The van der Waals surface area contributed by atoms with Crippen molar-refractivity contribution in [1.29, 1.82) is 0 Å². The van der Waals surface area contributed by atoms with Crippen LogP contribution in [0.2, 0.25) is 0 Å². The molecule has 1 atom stereocenters. The molecule has 14 heavy (non-hydrogen) atoms. The third-order valence-corrected chi connectivity index (χ3v) is 2.98. The van der Waals surface area contributed by atoms with E-state index in [0.29, 0.717) is 0 Å². The van der Waals surface area contributed by atoms with Gasteiger partial charge in [-0.05, 0) is 43.6 Å². The number of benzene rings is 1. The molecular formula is C12H18BrN. The van der Waals surface area contributed by atoms with Gasteiger partial charge in [0.15, 0.2) is 0 Å². The monoisotopic (exact) mass is 255 g/mol. The van der Waals surface area contributed by atoms with E-state index in [9.17, 15) is 0 Å².